The molecule has 3 aliphatic rings. The van der Waals surface area contributed by atoms with E-state index >= 15 is 0 Å². The first-order valence-corrected chi connectivity index (χ1v) is 13.7. The van der Waals surface area contributed by atoms with Crippen LogP contribution in [0.2, 0.25) is 0 Å². The predicted octanol–water partition coefficient (Wildman–Crippen LogP) is 2.55. The lowest BCUT2D eigenvalue weighted by Crippen LogP contribution is -2.65. The molecule has 5 atom stereocenters. The van der Waals surface area contributed by atoms with Gasteiger partial charge in [-0.1, -0.05) is 6.92 Å². The number of Topliss-reactive ketones (excluding diaryl/α,β-unsaturated/α-hetero) is 2. The molecule has 0 aliphatic heterocycles. The van der Waals surface area contributed by atoms with Crippen molar-refractivity contribution < 1.29 is 48.0 Å². The number of ketones is 2. The molecule has 2 unspecified atom stereocenters. The van der Waals surface area contributed by atoms with E-state index in [1.165, 1.54) is 25.9 Å². The Balaban J connectivity index is 1.91. The van der Waals surface area contributed by atoms with Gasteiger partial charge in [0.25, 0.3) is 5.91 Å². The number of likely N-dealkylation sites (N-methyl/N-ethyl adjacent to an activating group) is 1. The van der Waals surface area contributed by atoms with Gasteiger partial charge in [-0.3, -0.25) is 19.3 Å². The van der Waals surface area contributed by atoms with Gasteiger partial charge in [0.2, 0.25) is 5.78 Å². The Bertz CT molecular complexity index is 1420. The van der Waals surface area contributed by atoms with Crippen LogP contribution in [0.3, 0.4) is 0 Å². The number of halogens is 3. The van der Waals surface area contributed by atoms with Gasteiger partial charge >= 0.3 is 6.18 Å². The largest absolute Gasteiger partial charge is 0.508 e. The number of fused-ring (bicyclic) bond motifs is 3. The van der Waals surface area contributed by atoms with Gasteiger partial charge in [-0.05, 0) is 69.3 Å². The lowest BCUT2D eigenvalue weighted by Gasteiger charge is -2.50. The van der Waals surface area contributed by atoms with E-state index in [1.807, 2.05) is 0 Å². The fraction of sp³-hybridized carbons (Fsp3) is 0.552. The number of alkyl halides is 3. The maximum atomic E-state index is 14.0. The van der Waals surface area contributed by atoms with Crippen molar-refractivity contribution in [2.45, 2.75) is 56.8 Å². The molecule has 0 spiro atoms. The molecule has 0 saturated heterocycles. The number of benzene rings is 1. The number of rotatable bonds is 7. The van der Waals surface area contributed by atoms with Crippen LogP contribution < -0.4 is 10.6 Å². The SMILES string of the molecule is CCC(CCc1cc(N(C)C)c2c(c1O)C(O)=C1C(=O)[C@]3(O)C(O)=C(C(N)=O)C(=O)C(N(C)C)[C@@H]3C[C@@H]1C2)C(F)(F)F. The standard InChI is InChI=1S/C29H36F3N3O7/c1-6-14(29(30,31)32)8-7-12-11-17(34(2)3)15-9-13-10-16-21(35(4)5)24(38)20(27(33)41)26(40)28(16,42)25(39)18(13)23(37)19(15)22(12)36/h11,13-14,16,21,36-37,40,42H,6-10H2,1-5H3,(H2,33,41)/t13-,14?,16-,21?,28-/m0/s1. The first-order valence-electron chi connectivity index (χ1n) is 13.7. The van der Waals surface area contributed by atoms with Gasteiger partial charge in [0.15, 0.2) is 11.4 Å². The van der Waals surface area contributed by atoms with Crippen molar-refractivity contribution in [2.75, 3.05) is 33.1 Å². The molecule has 42 heavy (non-hydrogen) atoms. The van der Waals surface area contributed by atoms with E-state index in [0.29, 0.717) is 11.3 Å². The third kappa shape index (κ3) is 4.62. The lowest BCUT2D eigenvalue weighted by molar-refractivity contribution is -0.176. The van der Waals surface area contributed by atoms with E-state index in [1.54, 1.807) is 25.1 Å². The van der Waals surface area contributed by atoms with Gasteiger partial charge in [-0.15, -0.1) is 0 Å². The van der Waals surface area contributed by atoms with E-state index < -0.39 is 75.9 Å². The van der Waals surface area contributed by atoms with Crippen LogP contribution in [0.4, 0.5) is 18.9 Å². The summed E-state index contributed by atoms with van der Waals surface area (Å²) in [6.07, 6.45) is -5.04. The number of phenols is 1. The summed E-state index contributed by atoms with van der Waals surface area (Å²) in [5.74, 6) is -9.26. The molecule has 1 saturated carbocycles. The molecule has 230 valence electrons. The minimum Gasteiger partial charge on any atom is -0.508 e. The Hall–Kier alpha value is -3.58. The van der Waals surface area contributed by atoms with Crippen LogP contribution in [0, 0.1) is 17.8 Å². The predicted molar refractivity (Wildman–Crippen MR) is 147 cm³/mol. The second-order valence-corrected chi connectivity index (χ2v) is 11.8. The summed E-state index contributed by atoms with van der Waals surface area (Å²) in [7, 11) is 6.41. The minimum absolute atomic E-state index is 0.0646. The summed E-state index contributed by atoms with van der Waals surface area (Å²) in [6, 6.07) is 0.364. The number of phenolic OH excluding ortho intramolecular Hbond substituents is 1. The number of anilines is 1. The van der Waals surface area contributed by atoms with Gasteiger partial charge in [0, 0.05) is 31.3 Å². The van der Waals surface area contributed by atoms with Crippen molar-refractivity contribution in [3.63, 3.8) is 0 Å². The highest BCUT2D eigenvalue weighted by atomic mass is 19.4. The van der Waals surface area contributed by atoms with E-state index in [4.69, 9.17) is 5.73 Å². The Labute approximate surface area is 240 Å². The molecule has 1 amide bonds. The van der Waals surface area contributed by atoms with Crippen LogP contribution >= 0.6 is 0 Å². The Kier molecular flexibility index (Phi) is 7.92. The molecule has 1 fully saturated rings. The monoisotopic (exact) mass is 595 g/mol. The number of hydrogen-bond acceptors (Lipinski definition) is 9. The van der Waals surface area contributed by atoms with E-state index in [-0.39, 0.29) is 48.8 Å². The molecule has 10 nitrogen and oxygen atoms in total. The van der Waals surface area contributed by atoms with Crippen LogP contribution in [-0.2, 0) is 27.2 Å². The van der Waals surface area contributed by atoms with Crippen molar-refractivity contribution in [3.05, 3.63) is 39.7 Å². The smallest absolute Gasteiger partial charge is 0.391 e. The Morgan fingerprint density at radius 1 is 1.17 bits per heavy atom. The van der Waals surface area contributed by atoms with E-state index in [9.17, 15) is 48.0 Å². The molecule has 4 rings (SSSR count). The molecule has 6 N–H and O–H groups in total. The summed E-state index contributed by atoms with van der Waals surface area (Å²) in [4.78, 5) is 42.4. The van der Waals surface area contributed by atoms with Gasteiger partial charge in [-0.25, -0.2) is 0 Å². The fourth-order valence-electron chi connectivity index (χ4n) is 6.86. The summed E-state index contributed by atoms with van der Waals surface area (Å²) >= 11 is 0. The highest BCUT2D eigenvalue weighted by Gasteiger charge is 2.64. The number of aryl methyl sites for hydroxylation is 1. The number of nitrogens with two attached hydrogens (primary N) is 1. The number of carbonyl (C=O) groups excluding carboxylic acids is 3. The average Bonchev–Trinajstić information content (AvgIpc) is 2.86. The molecule has 0 heterocycles. The van der Waals surface area contributed by atoms with Gasteiger partial charge in [0.05, 0.1) is 17.5 Å². The zero-order valence-corrected chi connectivity index (χ0v) is 24.0. The molecule has 1 aromatic carbocycles. The Morgan fingerprint density at radius 2 is 1.79 bits per heavy atom. The molecule has 13 heteroatoms. The minimum atomic E-state index is -4.42. The van der Waals surface area contributed by atoms with E-state index in [2.05, 4.69) is 0 Å². The number of aliphatic hydroxyl groups excluding tert-OH is 2. The highest BCUT2D eigenvalue weighted by molar-refractivity contribution is 6.24. The number of aliphatic hydroxyl groups is 3. The van der Waals surface area contributed by atoms with Crippen molar-refractivity contribution in [1.82, 2.24) is 4.90 Å². The second kappa shape index (κ2) is 10.6. The number of aromatic hydroxyl groups is 1. The number of nitrogens with zero attached hydrogens (tertiary/aromatic N) is 2. The average molecular weight is 596 g/mol. The summed E-state index contributed by atoms with van der Waals surface area (Å²) in [5, 5.41) is 45.4. The highest BCUT2D eigenvalue weighted by Crippen LogP contribution is 2.54. The van der Waals surface area contributed by atoms with Crippen LogP contribution in [0.1, 0.15) is 42.9 Å². The second-order valence-electron chi connectivity index (χ2n) is 11.8. The molecule has 0 aromatic heterocycles. The third-order valence-corrected chi connectivity index (χ3v) is 8.98. The summed E-state index contributed by atoms with van der Waals surface area (Å²) < 4.78 is 40.3. The third-order valence-electron chi connectivity index (χ3n) is 8.98. The molecular formula is C29H36F3N3O7. The number of hydrogen-bond donors (Lipinski definition) is 5. The first-order chi connectivity index (χ1) is 19.4. The summed E-state index contributed by atoms with van der Waals surface area (Å²) in [5.41, 5.74) is 2.28. The van der Waals surface area contributed by atoms with Crippen molar-refractivity contribution in [2.24, 2.45) is 23.5 Å². The zero-order chi connectivity index (χ0) is 31.6. The lowest BCUT2D eigenvalue weighted by atomic mass is 9.57. The molecular weight excluding hydrogens is 559 g/mol. The van der Waals surface area contributed by atoms with Gasteiger partial charge < -0.3 is 31.1 Å². The molecule has 3 aliphatic carbocycles. The van der Waals surface area contributed by atoms with Crippen molar-refractivity contribution in [3.8, 4) is 5.75 Å². The van der Waals surface area contributed by atoms with Gasteiger partial charge in [-0.2, -0.15) is 13.2 Å². The van der Waals surface area contributed by atoms with Crippen LogP contribution in [0.5, 0.6) is 5.75 Å². The van der Waals surface area contributed by atoms with Crippen molar-refractivity contribution in [1.29, 1.82) is 0 Å². The molecule has 0 radical (unpaired) electrons. The van der Waals surface area contributed by atoms with Crippen LogP contribution in [0.25, 0.3) is 5.76 Å². The zero-order valence-electron chi connectivity index (χ0n) is 24.0. The quantitative estimate of drug-likeness (QED) is 0.298. The topological polar surface area (TPSA) is 165 Å². The number of amides is 1. The van der Waals surface area contributed by atoms with Gasteiger partial charge in [0.1, 0.15) is 22.8 Å². The van der Waals surface area contributed by atoms with Crippen LogP contribution in [0.15, 0.2) is 23.0 Å². The molecule has 1 aromatic rings. The maximum Gasteiger partial charge on any atom is 0.391 e. The van der Waals surface area contributed by atoms with Crippen molar-refractivity contribution >= 4 is 28.9 Å². The van der Waals surface area contributed by atoms with E-state index in [0.717, 1.165) is 0 Å². The maximum absolute atomic E-state index is 14.0. The normalized spacial score (nSPS) is 26.7. The first kappa shape index (κ1) is 31.4. The molecule has 0 bridgehead atoms. The number of carbonyl (C=O) groups is 3. The van der Waals surface area contributed by atoms with Crippen LogP contribution in [-0.4, -0.2) is 88.8 Å². The summed E-state index contributed by atoms with van der Waals surface area (Å²) in [6.45, 7) is 1.42. The fourth-order valence-corrected chi connectivity index (χ4v) is 6.86. The Morgan fingerprint density at radius 3 is 2.29 bits per heavy atom. The number of primary amides is 1.